The van der Waals surface area contributed by atoms with Crippen LogP contribution in [0.4, 0.5) is 4.39 Å². The van der Waals surface area contributed by atoms with Crippen LogP contribution in [0.2, 0.25) is 0 Å². The Bertz CT molecular complexity index is 649. The molecular weight excluding hydrogens is 349 g/mol. The number of carbonyl (C=O) groups is 1. The van der Waals surface area contributed by atoms with Crippen molar-refractivity contribution in [2.24, 2.45) is 0 Å². The molecular formula is C13H11BrFNO3S. The molecule has 0 saturated carbocycles. The predicted octanol–water partition coefficient (Wildman–Crippen LogP) is 3.90. The number of aryl methyl sites for hydroxylation is 1. The molecule has 0 radical (unpaired) electrons. The number of phenolic OH excluding ortho intramolecular Hbond substituents is 1. The molecule has 0 unspecified atom stereocenters. The minimum absolute atomic E-state index is 0.234. The standard InChI is InChI=1S/C13H11BrFNO3S/c1-3-19-13(18)11-6(2)16-12(20-11)7-4-8(14)10(17)9(15)5-7/h4-5,17H,3H2,1-2H3. The van der Waals surface area contributed by atoms with Crippen LogP contribution in [0.5, 0.6) is 5.75 Å². The van der Waals surface area contributed by atoms with Crippen LogP contribution in [0, 0.1) is 12.7 Å². The lowest BCUT2D eigenvalue weighted by atomic mass is 10.2. The smallest absolute Gasteiger partial charge is 0.350 e. The van der Waals surface area contributed by atoms with Crippen molar-refractivity contribution in [2.75, 3.05) is 6.61 Å². The normalized spacial score (nSPS) is 10.6. The Morgan fingerprint density at radius 3 is 2.85 bits per heavy atom. The van der Waals surface area contributed by atoms with E-state index in [0.717, 1.165) is 11.3 Å². The Morgan fingerprint density at radius 2 is 2.25 bits per heavy atom. The minimum atomic E-state index is -0.750. The second-order valence-electron chi connectivity index (χ2n) is 3.94. The summed E-state index contributed by atoms with van der Waals surface area (Å²) in [5.74, 6) is -1.64. The van der Waals surface area contributed by atoms with Gasteiger partial charge in [-0.2, -0.15) is 0 Å². The summed E-state index contributed by atoms with van der Waals surface area (Å²) >= 11 is 4.20. The van der Waals surface area contributed by atoms with E-state index in [4.69, 9.17) is 4.74 Å². The number of ether oxygens (including phenoxy) is 1. The fraction of sp³-hybridized carbons (Fsp3) is 0.231. The van der Waals surface area contributed by atoms with Crippen molar-refractivity contribution >= 4 is 33.2 Å². The summed E-state index contributed by atoms with van der Waals surface area (Å²) < 4.78 is 18.7. The lowest BCUT2D eigenvalue weighted by Gasteiger charge is -2.02. The van der Waals surface area contributed by atoms with Gasteiger partial charge in [-0.05, 0) is 41.9 Å². The van der Waals surface area contributed by atoms with E-state index in [2.05, 4.69) is 20.9 Å². The van der Waals surface area contributed by atoms with Gasteiger partial charge in [0, 0.05) is 5.56 Å². The summed E-state index contributed by atoms with van der Waals surface area (Å²) in [6.07, 6.45) is 0. The number of thiazole rings is 1. The number of aromatic nitrogens is 1. The van der Waals surface area contributed by atoms with Gasteiger partial charge in [0.25, 0.3) is 0 Å². The molecule has 20 heavy (non-hydrogen) atoms. The molecule has 0 aliphatic carbocycles. The number of halogens is 2. The van der Waals surface area contributed by atoms with E-state index in [1.807, 2.05) is 0 Å². The van der Waals surface area contributed by atoms with E-state index in [1.54, 1.807) is 19.9 Å². The fourth-order valence-electron chi connectivity index (χ4n) is 1.59. The second kappa shape index (κ2) is 5.88. The number of phenols is 1. The third kappa shape index (κ3) is 2.83. The average Bonchev–Trinajstić information content (AvgIpc) is 2.78. The molecule has 0 spiro atoms. The van der Waals surface area contributed by atoms with Crippen molar-refractivity contribution in [3.63, 3.8) is 0 Å². The zero-order chi connectivity index (χ0) is 14.9. The van der Waals surface area contributed by atoms with Crippen molar-refractivity contribution in [1.29, 1.82) is 0 Å². The monoisotopic (exact) mass is 359 g/mol. The van der Waals surface area contributed by atoms with Crippen molar-refractivity contribution in [3.8, 4) is 16.3 Å². The number of benzene rings is 1. The molecule has 7 heteroatoms. The van der Waals surface area contributed by atoms with Crippen LogP contribution in [-0.2, 0) is 4.74 Å². The molecule has 0 aliphatic heterocycles. The molecule has 1 aromatic carbocycles. The zero-order valence-corrected chi connectivity index (χ0v) is 13.1. The van der Waals surface area contributed by atoms with Crippen molar-refractivity contribution in [1.82, 2.24) is 4.98 Å². The maximum atomic E-state index is 13.5. The van der Waals surface area contributed by atoms with Crippen molar-refractivity contribution in [3.05, 3.63) is 33.0 Å². The molecule has 0 atom stereocenters. The Morgan fingerprint density at radius 1 is 1.55 bits per heavy atom. The van der Waals surface area contributed by atoms with Gasteiger partial charge in [0.05, 0.1) is 16.8 Å². The number of hydrogen-bond donors (Lipinski definition) is 1. The number of nitrogens with zero attached hydrogens (tertiary/aromatic N) is 1. The summed E-state index contributed by atoms with van der Waals surface area (Å²) in [7, 11) is 0. The highest BCUT2D eigenvalue weighted by molar-refractivity contribution is 9.10. The largest absolute Gasteiger partial charge is 0.504 e. The van der Waals surface area contributed by atoms with Crippen molar-refractivity contribution < 1.29 is 19.0 Å². The zero-order valence-electron chi connectivity index (χ0n) is 10.7. The minimum Gasteiger partial charge on any atom is -0.504 e. The molecule has 0 aliphatic rings. The lowest BCUT2D eigenvalue weighted by Crippen LogP contribution is -2.03. The van der Waals surface area contributed by atoms with Crippen LogP contribution in [0.25, 0.3) is 10.6 Å². The quantitative estimate of drug-likeness (QED) is 0.844. The molecule has 106 valence electrons. The van der Waals surface area contributed by atoms with Crippen LogP contribution < -0.4 is 0 Å². The molecule has 4 nitrogen and oxygen atoms in total. The first-order valence-corrected chi connectivity index (χ1v) is 7.38. The maximum absolute atomic E-state index is 13.5. The van der Waals surface area contributed by atoms with E-state index >= 15 is 0 Å². The number of hydrogen-bond acceptors (Lipinski definition) is 5. The number of aromatic hydroxyl groups is 1. The summed E-state index contributed by atoms with van der Waals surface area (Å²) in [4.78, 5) is 16.4. The SMILES string of the molecule is CCOC(=O)c1sc(-c2cc(F)c(O)c(Br)c2)nc1C. The first kappa shape index (κ1) is 14.9. The highest BCUT2D eigenvalue weighted by atomic mass is 79.9. The molecule has 1 heterocycles. The van der Waals surface area contributed by atoms with Crippen LogP contribution in [-0.4, -0.2) is 22.7 Å². The van der Waals surface area contributed by atoms with Gasteiger partial charge in [0.1, 0.15) is 9.88 Å². The summed E-state index contributed by atoms with van der Waals surface area (Å²) in [5, 5.41) is 9.87. The van der Waals surface area contributed by atoms with E-state index < -0.39 is 17.5 Å². The van der Waals surface area contributed by atoms with E-state index in [-0.39, 0.29) is 11.1 Å². The molecule has 1 aromatic heterocycles. The van der Waals surface area contributed by atoms with Crippen LogP contribution >= 0.6 is 27.3 Å². The summed E-state index contributed by atoms with van der Waals surface area (Å²) in [6.45, 7) is 3.70. The Labute approximate surface area is 127 Å². The topological polar surface area (TPSA) is 59.4 Å². The Hall–Kier alpha value is -1.47. The summed E-state index contributed by atoms with van der Waals surface area (Å²) in [5.41, 5.74) is 1.02. The Kier molecular flexibility index (Phi) is 4.39. The fourth-order valence-corrected chi connectivity index (χ4v) is 2.98. The molecule has 0 fully saturated rings. The van der Waals surface area contributed by atoms with Gasteiger partial charge in [-0.15, -0.1) is 11.3 Å². The second-order valence-corrected chi connectivity index (χ2v) is 5.80. The van der Waals surface area contributed by atoms with Gasteiger partial charge in [0.15, 0.2) is 11.6 Å². The molecule has 2 aromatic rings. The number of carbonyl (C=O) groups excluding carboxylic acids is 1. The maximum Gasteiger partial charge on any atom is 0.350 e. The number of rotatable bonds is 3. The highest BCUT2D eigenvalue weighted by Gasteiger charge is 2.18. The van der Waals surface area contributed by atoms with Crippen LogP contribution in [0.3, 0.4) is 0 Å². The average molecular weight is 360 g/mol. The molecule has 2 rings (SSSR count). The van der Waals surface area contributed by atoms with Gasteiger partial charge in [-0.1, -0.05) is 0 Å². The predicted molar refractivity (Wildman–Crippen MR) is 77.6 cm³/mol. The van der Waals surface area contributed by atoms with Gasteiger partial charge < -0.3 is 9.84 Å². The third-order valence-electron chi connectivity index (χ3n) is 2.52. The van der Waals surface area contributed by atoms with E-state index in [1.165, 1.54) is 6.07 Å². The first-order chi connectivity index (χ1) is 9.43. The molecule has 1 N–H and O–H groups in total. The van der Waals surface area contributed by atoms with Crippen LogP contribution in [0.15, 0.2) is 16.6 Å². The molecule has 0 bridgehead atoms. The van der Waals surface area contributed by atoms with E-state index in [0.29, 0.717) is 21.1 Å². The number of esters is 1. The van der Waals surface area contributed by atoms with E-state index in [9.17, 15) is 14.3 Å². The molecule has 0 saturated heterocycles. The molecule has 0 amide bonds. The van der Waals surface area contributed by atoms with Gasteiger partial charge in [0.2, 0.25) is 0 Å². The first-order valence-electron chi connectivity index (χ1n) is 5.77. The Balaban J connectivity index is 2.44. The third-order valence-corrected chi connectivity index (χ3v) is 4.31. The lowest BCUT2D eigenvalue weighted by molar-refractivity contribution is 0.0531. The van der Waals surface area contributed by atoms with Gasteiger partial charge in [-0.25, -0.2) is 14.2 Å². The highest BCUT2D eigenvalue weighted by Crippen LogP contribution is 2.35. The van der Waals surface area contributed by atoms with Gasteiger partial charge >= 0.3 is 5.97 Å². The summed E-state index contributed by atoms with van der Waals surface area (Å²) in [6, 6.07) is 2.72. The van der Waals surface area contributed by atoms with Crippen LogP contribution in [0.1, 0.15) is 22.3 Å². The van der Waals surface area contributed by atoms with Gasteiger partial charge in [-0.3, -0.25) is 0 Å². The van der Waals surface area contributed by atoms with Crippen molar-refractivity contribution in [2.45, 2.75) is 13.8 Å².